The number of amides is 1. The lowest BCUT2D eigenvalue weighted by atomic mass is 9.45. The Bertz CT molecular complexity index is 1090. The summed E-state index contributed by atoms with van der Waals surface area (Å²) in [6.07, 6.45) is 14.8. The molecule has 1 amide bonds. The predicted molar refractivity (Wildman–Crippen MR) is 147 cm³/mol. The van der Waals surface area contributed by atoms with Crippen LogP contribution in [0.25, 0.3) is 0 Å². The molecule has 0 N–H and O–H groups in total. The van der Waals surface area contributed by atoms with Gasteiger partial charge in [0, 0.05) is 16.2 Å². The van der Waals surface area contributed by atoms with Gasteiger partial charge in [-0.15, -0.1) is 4.91 Å². The maximum atomic E-state index is 13.2. The van der Waals surface area contributed by atoms with E-state index in [4.69, 9.17) is 4.52 Å². The molecule has 5 nitrogen and oxygen atoms in total. The first-order valence-corrected chi connectivity index (χ1v) is 15.0. The lowest BCUT2D eigenvalue weighted by Crippen LogP contribution is -2.53. The first-order valence-electron chi connectivity index (χ1n) is 15.0. The molecule has 0 aromatic carbocycles. The number of carbonyl (C=O) groups excluding carboxylic acids is 1. The monoisotopic (exact) mass is 508 g/mol. The quantitative estimate of drug-likeness (QED) is 0.297. The van der Waals surface area contributed by atoms with Crippen molar-refractivity contribution < 1.29 is 9.32 Å². The van der Waals surface area contributed by atoms with Crippen molar-refractivity contribution in [1.29, 1.82) is 0 Å². The van der Waals surface area contributed by atoms with Gasteiger partial charge in [0.1, 0.15) is 5.76 Å². The highest BCUT2D eigenvalue weighted by Crippen LogP contribution is 2.64. The van der Waals surface area contributed by atoms with Crippen molar-refractivity contribution in [2.75, 3.05) is 0 Å². The number of rotatable bonds is 2. The summed E-state index contributed by atoms with van der Waals surface area (Å²) in [5.74, 6) is 2.83. The summed E-state index contributed by atoms with van der Waals surface area (Å²) in [4.78, 5) is 24.9. The molecule has 5 heteroatoms. The minimum atomic E-state index is -0.596. The second-order valence-electron chi connectivity index (χ2n) is 14.5. The maximum absolute atomic E-state index is 13.2. The van der Waals surface area contributed by atoms with E-state index in [0.29, 0.717) is 23.7 Å². The summed E-state index contributed by atoms with van der Waals surface area (Å²) in [5, 5.41) is 7.31. The number of hydrogen-bond acceptors (Lipinski definition) is 4. The Labute approximate surface area is 223 Å². The van der Waals surface area contributed by atoms with Crippen LogP contribution in [0.4, 0.5) is 0 Å². The van der Waals surface area contributed by atoms with Gasteiger partial charge in [-0.3, -0.25) is 4.79 Å². The average molecular weight is 509 g/mol. The molecular weight excluding hydrogens is 460 g/mol. The highest BCUT2D eigenvalue weighted by atomic mass is 16.5. The molecule has 8 atom stereocenters. The zero-order valence-corrected chi connectivity index (χ0v) is 24.2. The van der Waals surface area contributed by atoms with Crippen molar-refractivity contribution in [2.24, 2.45) is 51.0 Å². The lowest BCUT2D eigenvalue weighted by molar-refractivity contribution is -0.139. The zero-order chi connectivity index (χ0) is 26.8. The molecule has 37 heavy (non-hydrogen) atoms. The number of nitrogens with zero attached hydrogens (tertiary/aromatic N) is 2. The van der Waals surface area contributed by atoms with E-state index in [0.717, 1.165) is 57.1 Å². The maximum Gasteiger partial charge on any atom is 0.293 e. The van der Waals surface area contributed by atoms with Crippen LogP contribution in [0.1, 0.15) is 118 Å². The Morgan fingerprint density at radius 2 is 1.86 bits per heavy atom. The standard InChI is InChI=1S/C32H48N2O3/c1-8-23-11-12-24-26-21(3)20(2)13-15-32(26,28(35)34-36)17-16-30(24,6)14-9-10-25-29(4,5)27-22(19-33-37-27)18-31(23,25)7/h12,19-21,23,25-26H,8-11,13-18H2,1-7H3/b24-12-/t20-,21+,23?,25?,26+,30-,31-,32+/m1/s1. The number of fused-ring (bicyclic) bond motifs is 5. The first-order chi connectivity index (χ1) is 17.4. The van der Waals surface area contributed by atoms with Crippen LogP contribution in [0.15, 0.2) is 27.5 Å². The Hall–Kier alpha value is -1.78. The lowest BCUT2D eigenvalue weighted by Gasteiger charge is -2.58. The molecule has 5 rings (SSSR count). The van der Waals surface area contributed by atoms with Crippen molar-refractivity contribution in [3.05, 3.63) is 34.1 Å². The molecule has 1 aromatic heterocycles. The van der Waals surface area contributed by atoms with Crippen LogP contribution in [-0.4, -0.2) is 11.1 Å². The van der Waals surface area contributed by atoms with Crippen LogP contribution in [0.5, 0.6) is 0 Å². The average Bonchev–Trinajstić information content (AvgIpc) is 3.33. The minimum Gasteiger partial charge on any atom is -0.361 e. The van der Waals surface area contributed by atoms with Crippen molar-refractivity contribution in [1.82, 2.24) is 5.16 Å². The van der Waals surface area contributed by atoms with E-state index >= 15 is 0 Å². The number of allylic oxidation sites excluding steroid dienone is 2. The minimum absolute atomic E-state index is 0.0457. The normalized spacial score (nSPS) is 44.7. The molecule has 0 radical (unpaired) electrons. The highest BCUT2D eigenvalue weighted by molar-refractivity contribution is 5.84. The number of aromatic nitrogens is 1. The summed E-state index contributed by atoms with van der Waals surface area (Å²) in [5.41, 5.74) is 2.35. The van der Waals surface area contributed by atoms with Gasteiger partial charge in [-0.25, -0.2) is 0 Å². The molecule has 2 saturated carbocycles. The van der Waals surface area contributed by atoms with Crippen molar-refractivity contribution >= 4 is 5.91 Å². The summed E-state index contributed by atoms with van der Waals surface area (Å²) in [7, 11) is 0. The smallest absolute Gasteiger partial charge is 0.293 e. The van der Waals surface area contributed by atoms with Gasteiger partial charge in [0.15, 0.2) is 0 Å². The van der Waals surface area contributed by atoms with E-state index in [2.05, 4.69) is 64.9 Å². The van der Waals surface area contributed by atoms with Crippen molar-refractivity contribution in [3.8, 4) is 0 Å². The SMILES string of the molecule is CCC1C/C=C2/[C@@H]3[C@@H](C)[C@H](C)CC[C@]3(C(=O)N=O)CC[C@@]2(C)CCCC2C(C)(C)c3oncc3C[C@]12C. The largest absolute Gasteiger partial charge is 0.361 e. The second kappa shape index (κ2) is 9.16. The first kappa shape index (κ1) is 26.8. The van der Waals surface area contributed by atoms with Gasteiger partial charge >= 0.3 is 0 Å². The van der Waals surface area contributed by atoms with Crippen molar-refractivity contribution in [3.63, 3.8) is 0 Å². The fourth-order valence-electron chi connectivity index (χ4n) is 10.1. The van der Waals surface area contributed by atoms with Crippen LogP contribution in [0, 0.1) is 50.7 Å². The molecule has 2 unspecified atom stereocenters. The Balaban J connectivity index is 1.61. The van der Waals surface area contributed by atoms with E-state index in [1.807, 2.05) is 6.20 Å². The summed E-state index contributed by atoms with van der Waals surface area (Å²) < 4.78 is 5.86. The zero-order valence-electron chi connectivity index (χ0n) is 24.2. The van der Waals surface area contributed by atoms with Gasteiger partial charge in [0.25, 0.3) is 5.91 Å². The Morgan fingerprint density at radius 1 is 1.11 bits per heavy atom. The second-order valence-corrected chi connectivity index (χ2v) is 14.5. The van der Waals surface area contributed by atoms with E-state index in [1.165, 1.54) is 24.0 Å². The van der Waals surface area contributed by atoms with E-state index in [-0.39, 0.29) is 28.1 Å². The van der Waals surface area contributed by atoms with Gasteiger partial charge in [-0.2, -0.15) is 0 Å². The highest BCUT2D eigenvalue weighted by Gasteiger charge is 2.60. The van der Waals surface area contributed by atoms with Gasteiger partial charge in [-0.1, -0.05) is 78.1 Å². The Kier molecular flexibility index (Phi) is 6.64. The molecule has 1 aromatic rings. The van der Waals surface area contributed by atoms with Crippen LogP contribution in [0.3, 0.4) is 0 Å². The third-order valence-corrected chi connectivity index (χ3v) is 12.5. The van der Waals surface area contributed by atoms with Crippen molar-refractivity contribution in [2.45, 2.75) is 118 Å². The molecule has 0 spiro atoms. The molecule has 0 bridgehead atoms. The third kappa shape index (κ3) is 3.84. The predicted octanol–water partition coefficient (Wildman–Crippen LogP) is 8.42. The molecular formula is C32H48N2O3. The Morgan fingerprint density at radius 3 is 2.57 bits per heavy atom. The molecule has 4 aliphatic rings. The van der Waals surface area contributed by atoms with E-state index in [1.54, 1.807) is 0 Å². The molecule has 0 saturated heterocycles. The van der Waals surface area contributed by atoms with Gasteiger partial charge in [-0.05, 0) is 91.8 Å². The van der Waals surface area contributed by atoms with Crippen LogP contribution in [0.2, 0.25) is 0 Å². The molecule has 2 fully saturated rings. The third-order valence-electron chi connectivity index (χ3n) is 12.5. The number of nitroso groups, excluding NO2 is 1. The van der Waals surface area contributed by atoms with Gasteiger partial charge in [0.2, 0.25) is 0 Å². The molecule has 204 valence electrons. The van der Waals surface area contributed by atoms with E-state index < -0.39 is 5.41 Å². The number of hydrogen-bond donors (Lipinski definition) is 0. The fourth-order valence-corrected chi connectivity index (χ4v) is 10.1. The topological polar surface area (TPSA) is 72.5 Å². The molecule has 4 aliphatic carbocycles. The van der Waals surface area contributed by atoms with Gasteiger partial charge < -0.3 is 4.52 Å². The molecule has 1 heterocycles. The fraction of sp³-hybridized carbons (Fsp3) is 0.812. The van der Waals surface area contributed by atoms with Crippen LogP contribution in [-0.2, 0) is 16.6 Å². The molecule has 0 aliphatic heterocycles. The summed E-state index contributed by atoms with van der Waals surface area (Å²) >= 11 is 0. The van der Waals surface area contributed by atoms with Gasteiger partial charge in [0.05, 0.1) is 11.6 Å². The summed E-state index contributed by atoms with van der Waals surface area (Å²) in [6.45, 7) is 16.7. The van der Waals surface area contributed by atoms with Crippen LogP contribution < -0.4 is 0 Å². The summed E-state index contributed by atoms with van der Waals surface area (Å²) in [6, 6.07) is 0. The van der Waals surface area contributed by atoms with Crippen LogP contribution >= 0.6 is 0 Å². The number of carbonyl (C=O) groups is 1. The van der Waals surface area contributed by atoms with E-state index in [9.17, 15) is 9.70 Å².